The molecule has 1 aromatic rings. The van der Waals surface area contributed by atoms with Crippen LogP contribution in [0.5, 0.6) is 0 Å². The van der Waals surface area contributed by atoms with Crippen molar-refractivity contribution < 1.29 is 4.79 Å². The largest absolute Gasteiger partial charge is 0.340 e. The molecule has 0 spiro atoms. The fourth-order valence-corrected chi connectivity index (χ4v) is 6.74. The summed E-state index contributed by atoms with van der Waals surface area (Å²) in [4.78, 5) is 18.3. The minimum absolute atomic E-state index is 0.0224. The molecule has 1 aromatic carbocycles. The average Bonchev–Trinajstić information content (AvgIpc) is 2.88. The zero-order valence-electron chi connectivity index (χ0n) is 15.9. The Balaban J connectivity index is 1.23. The molecule has 1 aliphatic heterocycles. The first-order chi connectivity index (χ1) is 12.7. The highest BCUT2D eigenvalue weighted by Gasteiger charge is 2.53. The fraction of sp³-hybridized carbons (Fsp3) is 0.696. The Kier molecular flexibility index (Phi) is 4.31. The summed E-state index contributed by atoms with van der Waals surface area (Å²) in [5.41, 5.74) is 1.40. The molecule has 0 aromatic heterocycles. The smallest absolute Gasteiger partial charge is 0.228 e. The van der Waals surface area contributed by atoms with Crippen LogP contribution >= 0.6 is 0 Å². The predicted octanol–water partition coefficient (Wildman–Crippen LogP) is 3.94. The Morgan fingerprint density at radius 2 is 1.50 bits per heavy atom. The van der Waals surface area contributed by atoms with Gasteiger partial charge in [0.25, 0.3) is 0 Å². The highest BCUT2D eigenvalue weighted by Crippen LogP contribution is 2.58. The van der Waals surface area contributed by atoms with Gasteiger partial charge in [0, 0.05) is 32.7 Å². The summed E-state index contributed by atoms with van der Waals surface area (Å²) in [5.74, 6) is 3.05. The molecule has 140 valence electrons. The van der Waals surface area contributed by atoms with Crippen molar-refractivity contribution in [2.24, 2.45) is 23.2 Å². The van der Waals surface area contributed by atoms with Crippen molar-refractivity contribution in [2.75, 3.05) is 26.2 Å². The zero-order chi connectivity index (χ0) is 17.6. The summed E-state index contributed by atoms with van der Waals surface area (Å²) < 4.78 is 0. The first kappa shape index (κ1) is 16.8. The number of hydrogen-bond acceptors (Lipinski definition) is 2. The topological polar surface area (TPSA) is 23.6 Å². The van der Waals surface area contributed by atoms with Crippen molar-refractivity contribution in [3.8, 4) is 0 Å². The third-order valence-corrected chi connectivity index (χ3v) is 7.72. The molecule has 1 heterocycles. The lowest BCUT2D eigenvalue weighted by Gasteiger charge is -2.50. The van der Waals surface area contributed by atoms with E-state index in [0.717, 1.165) is 50.5 Å². The van der Waals surface area contributed by atoms with Crippen LogP contribution in [-0.2, 0) is 11.3 Å². The second-order valence-corrected chi connectivity index (χ2v) is 9.59. The van der Waals surface area contributed by atoms with Gasteiger partial charge in [-0.3, -0.25) is 9.69 Å². The number of piperazine rings is 1. The second-order valence-electron chi connectivity index (χ2n) is 9.59. The molecule has 26 heavy (non-hydrogen) atoms. The first-order valence-electron chi connectivity index (χ1n) is 10.8. The molecule has 5 fully saturated rings. The molecule has 0 N–H and O–H groups in total. The molecular weight excluding hydrogens is 320 g/mol. The molecule has 1 saturated heterocycles. The van der Waals surface area contributed by atoms with Gasteiger partial charge in [-0.1, -0.05) is 43.2 Å². The van der Waals surface area contributed by atoms with Crippen LogP contribution in [0.4, 0.5) is 0 Å². The van der Waals surface area contributed by atoms with Crippen LogP contribution in [0.1, 0.15) is 50.5 Å². The molecule has 1 amide bonds. The van der Waals surface area contributed by atoms with E-state index in [1.54, 1.807) is 0 Å². The molecule has 4 atom stereocenters. The van der Waals surface area contributed by atoms with E-state index >= 15 is 0 Å². The van der Waals surface area contributed by atoms with E-state index < -0.39 is 0 Å². The van der Waals surface area contributed by atoms with E-state index in [0.29, 0.717) is 5.91 Å². The summed E-state index contributed by atoms with van der Waals surface area (Å²) in [6, 6.07) is 10.7. The van der Waals surface area contributed by atoms with Crippen LogP contribution in [0, 0.1) is 23.2 Å². The molecule has 4 aliphatic carbocycles. The van der Waals surface area contributed by atoms with Gasteiger partial charge in [-0.2, -0.15) is 0 Å². The Morgan fingerprint density at radius 3 is 2.15 bits per heavy atom. The van der Waals surface area contributed by atoms with Gasteiger partial charge in [-0.25, -0.2) is 0 Å². The zero-order valence-corrected chi connectivity index (χ0v) is 15.9. The van der Waals surface area contributed by atoms with Gasteiger partial charge in [0.1, 0.15) is 0 Å². The van der Waals surface area contributed by atoms with E-state index in [-0.39, 0.29) is 5.41 Å². The molecule has 0 radical (unpaired) electrons. The van der Waals surface area contributed by atoms with E-state index in [4.69, 9.17) is 0 Å². The number of carbonyl (C=O) groups is 1. The highest BCUT2D eigenvalue weighted by molar-refractivity contribution is 5.83. The quantitative estimate of drug-likeness (QED) is 0.823. The van der Waals surface area contributed by atoms with E-state index in [9.17, 15) is 4.79 Å². The van der Waals surface area contributed by atoms with Crippen LogP contribution in [-0.4, -0.2) is 41.9 Å². The average molecular weight is 353 g/mol. The van der Waals surface area contributed by atoms with E-state index in [2.05, 4.69) is 40.1 Å². The molecule has 3 nitrogen and oxygen atoms in total. The summed E-state index contributed by atoms with van der Waals surface area (Å²) >= 11 is 0. The van der Waals surface area contributed by atoms with Crippen molar-refractivity contribution in [3.05, 3.63) is 35.9 Å². The monoisotopic (exact) mass is 352 g/mol. The van der Waals surface area contributed by atoms with Crippen LogP contribution in [0.25, 0.3) is 0 Å². The molecular formula is C23H32N2O. The van der Waals surface area contributed by atoms with Gasteiger partial charge < -0.3 is 4.90 Å². The number of nitrogens with zero attached hydrogens (tertiary/aromatic N) is 2. The molecule has 6 rings (SSSR count). The van der Waals surface area contributed by atoms with Gasteiger partial charge in [0.2, 0.25) is 5.91 Å². The van der Waals surface area contributed by atoms with Crippen molar-refractivity contribution in [1.82, 2.24) is 9.80 Å². The number of rotatable bonds is 3. The highest BCUT2D eigenvalue weighted by atomic mass is 16.2. The molecule has 5 aliphatic rings. The minimum atomic E-state index is 0.0224. The maximum Gasteiger partial charge on any atom is 0.228 e. The predicted molar refractivity (Wildman–Crippen MR) is 104 cm³/mol. The van der Waals surface area contributed by atoms with Crippen molar-refractivity contribution in [2.45, 2.75) is 51.5 Å². The summed E-state index contributed by atoms with van der Waals surface area (Å²) in [5, 5.41) is 0. The standard InChI is InChI=1S/C23H32N2O/c26-22(23-14-19-6-7-20(15-23)13-21(12-19)16-23)25-10-8-24(9-11-25)17-18-4-2-1-3-5-18/h1-5,19-21H,6-17H2/t19-,20+,21?,23?. The Labute approximate surface area is 157 Å². The van der Waals surface area contributed by atoms with Crippen molar-refractivity contribution >= 4 is 5.91 Å². The molecule has 4 bridgehead atoms. The second kappa shape index (κ2) is 6.67. The van der Waals surface area contributed by atoms with Gasteiger partial charge in [-0.05, 0) is 55.4 Å². The number of hydrogen-bond donors (Lipinski definition) is 0. The maximum atomic E-state index is 13.6. The normalized spacial score (nSPS) is 36.9. The summed E-state index contributed by atoms with van der Waals surface area (Å²) in [6.45, 7) is 4.90. The SMILES string of the molecule is O=C(N1CCN(Cc2ccccc2)CC1)C12CC3C[C@@H](CC[C@@H](C3)C1)C2. The Hall–Kier alpha value is -1.35. The fourth-order valence-electron chi connectivity index (χ4n) is 6.74. The summed E-state index contributed by atoms with van der Waals surface area (Å²) in [6.07, 6.45) is 9.20. The third-order valence-electron chi connectivity index (χ3n) is 7.72. The van der Waals surface area contributed by atoms with Crippen LogP contribution in [0.15, 0.2) is 30.3 Å². The number of benzene rings is 1. The third kappa shape index (κ3) is 3.09. The van der Waals surface area contributed by atoms with Crippen molar-refractivity contribution in [3.63, 3.8) is 0 Å². The Morgan fingerprint density at radius 1 is 0.885 bits per heavy atom. The van der Waals surface area contributed by atoms with Crippen molar-refractivity contribution in [1.29, 1.82) is 0 Å². The molecule has 3 heteroatoms. The molecule has 4 saturated carbocycles. The minimum Gasteiger partial charge on any atom is -0.340 e. The first-order valence-corrected chi connectivity index (χ1v) is 10.8. The van der Waals surface area contributed by atoms with E-state index in [1.807, 2.05) is 0 Å². The maximum absolute atomic E-state index is 13.6. The summed E-state index contributed by atoms with van der Waals surface area (Å²) in [7, 11) is 0. The van der Waals surface area contributed by atoms with Gasteiger partial charge in [-0.15, -0.1) is 0 Å². The lowest BCUT2D eigenvalue weighted by atomic mass is 9.58. The van der Waals surface area contributed by atoms with Crippen LogP contribution in [0.2, 0.25) is 0 Å². The van der Waals surface area contributed by atoms with Crippen LogP contribution in [0.3, 0.4) is 0 Å². The lowest BCUT2D eigenvalue weighted by Crippen LogP contribution is -2.55. The number of amides is 1. The lowest BCUT2D eigenvalue weighted by molar-refractivity contribution is -0.152. The van der Waals surface area contributed by atoms with Gasteiger partial charge in [0.15, 0.2) is 0 Å². The number of fused-ring (bicyclic) bond motifs is 1. The number of carbonyl (C=O) groups excluding carboxylic acids is 1. The van der Waals surface area contributed by atoms with Gasteiger partial charge >= 0.3 is 0 Å². The van der Waals surface area contributed by atoms with Crippen LogP contribution < -0.4 is 0 Å². The van der Waals surface area contributed by atoms with Gasteiger partial charge in [0.05, 0.1) is 5.41 Å². The van der Waals surface area contributed by atoms with E-state index in [1.165, 1.54) is 50.5 Å². The Bertz CT molecular complexity index is 633. The molecule has 2 unspecified atom stereocenters.